The molecule has 30 heavy (non-hydrogen) atoms. The first kappa shape index (κ1) is 28.5. The minimum atomic E-state index is -4.49. The van der Waals surface area contributed by atoms with Crippen LogP contribution in [-0.4, -0.2) is 28.3 Å². The van der Waals surface area contributed by atoms with Crippen molar-refractivity contribution in [1.82, 2.24) is 5.32 Å². The Morgan fingerprint density at radius 2 is 1.40 bits per heavy atom. The molecule has 3 N–H and O–H groups in total. The molecule has 0 radical (unpaired) electrons. The van der Waals surface area contributed by atoms with Gasteiger partial charge in [0.05, 0.1) is 6.61 Å². The van der Waals surface area contributed by atoms with E-state index in [0.717, 1.165) is 32.1 Å². The lowest BCUT2D eigenvalue weighted by molar-refractivity contribution is -0.122. The number of hydrogen-bond acceptors (Lipinski definition) is 3. The highest BCUT2D eigenvalue weighted by Crippen LogP contribution is 2.35. The van der Waals surface area contributed by atoms with Crippen molar-refractivity contribution in [3.63, 3.8) is 0 Å². The van der Waals surface area contributed by atoms with Crippen molar-refractivity contribution in [2.45, 2.75) is 84.1 Å². The molecular formula is C23H40NO5P. The monoisotopic (exact) mass is 441 g/mol. The number of allylic oxidation sites excluding steroid dienone is 8. The molecule has 7 heteroatoms. The van der Waals surface area contributed by atoms with E-state index in [-0.39, 0.29) is 12.5 Å². The van der Waals surface area contributed by atoms with Gasteiger partial charge in [0.1, 0.15) is 0 Å². The van der Waals surface area contributed by atoms with Crippen LogP contribution in [0.25, 0.3) is 0 Å². The highest BCUT2D eigenvalue weighted by molar-refractivity contribution is 7.46. The molecular weight excluding hydrogens is 401 g/mol. The van der Waals surface area contributed by atoms with Gasteiger partial charge in [0.15, 0.2) is 0 Å². The number of nitrogens with one attached hydrogen (secondary N) is 1. The van der Waals surface area contributed by atoms with Gasteiger partial charge in [-0.3, -0.25) is 9.32 Å². The van der Waals surface area contributed by atoms with Crippen LogP contribution in [0, 0.1) is 0 Å². The third-order valence-electron chi connectivity index (χ3n) is 4.13. The third-order valence-corrected chi connectivity index (χ3v) is 4.62. The fourth-order valence-electron chi connectivity index (χ4n) is 2.54. The molecule has 0 bridgehead atoms. The number of hydrogen-bond donors (Lipinski definition) is 3. The molecule has 1 atom stereocenters. The molecule has 0 spiro atoms. The maximum absolute atomic E-state index is 11.7. The van der Waals surface area contributed by atoms with Gasteiger partial charge in [-0.1, -0.05) is 68.4 Å². The quantitative estimate of drug-likeness (QED) is 0.143. The molecule has 0 rings (SSSR count). The molecule has 1 amide bonds. The van der Waals surface area contributed by atoms with E-state index in [0.29, 0.717) is 6.42 Å². The fourth-order valence-corrected chi connectivity index (χ4v) is 2.96. The van der Waals surface area contributed by atoms with Gasteiger partial charge in [-0.15, -0.1) is 0 Å². The minimum absolute atomic E-state index is 0.146. The third kappa shape index (κ3) is 22.8. The number of unbranched alkanes of at least 4 members (excludes halogenated alkanes) is 4. The lowest BCUT2D eigenvalue weighted by atomic mass is 10.2. The Kier molecular flexibility index (Phi) is 18.6. The van der Waals surface area contributed by atoms with E-state index in [1.54, 1.807) is 6.92 Å². The number of rotatable bonds is 18. The average molecular weight is 442 g/mol. The predicted molar refractivity (Wildman–Crippen MR) is 124 cm³/mol. The average Bonchev–Trinajstić information content (AvgIpc) is 2.68. The topological polar surface area (TPSA) is 95.9 Å². The normalized spacial score (nSPS) is 13.9. The molecule has 6 nitrogen and oxygen atoms in total. The van der Waals surface area contributed by atoms with Crippen LogP contribution < -0.4 is 5.32 Å². The maximum atomic E-state index is 11.7. The Morgan fingerprint density at radius 1 is 0.900 bits per heavy atom. The van der Waals surface area contributed by atoms with Crippen molar-refractivity contribution < 1.29 is 23.7 Å². The van der Waals surface area contributed by atoms with E-state index >= 15 is 0 Å². The standard InChI is InChI=1S/C23H40NO5P/c1-3-4-5-6-7-8-9-10-11-12-13-14-15-16-17-18-19-20-23(25)24-22(2)21-29-30(26,27)28/h7-8,10-11,13-14,16-17,22H,3-6,9,12,15,18-21H2,1-2H3,(H,24,25)(H2,26,27,28)/b8-7+,11-10+,14-13+,17-16+/t22-/m1/s1. The molecule has 0 aliphatic rings. The summed E-state index contributed by atoms with van der Waals surface area (Å²) < 4.78 is 15.0. The number of carbonyl (C=O) groups is 1. The van der Waals surface area contributed by atoms with E-state index in [1.807, 2.05) is 0 Å². The van der Waals surface area contributed by atoms with Crippen LogP contribution in [0.2, 0.25) is 0 Å². The molecule has 0 heterocycles. The van der Waals surface area contributed by atoms with Crippen molar-refractivity contribution in [3.8, 4) is 0 Å². The SMILES string of the molecule is CCCCC/C=C/C/C=C/C/C=C/C/C=C/CCCC(=O)N[C@H](C)COP(=O)(O)O. The number of carbonyl (C=O) groups excluding carboxylic acids is 1. The minimum Gasteiger partial charge on any atom is -0.351 e. The summed E-state index contributed by atoms with van der Waals surface area (Å²) in [7, 11) is -4.49. The largest absolute Gasteiger partial charge is 0.469 e. The van der Waals surface area contributed by atoms with Crippen molar-refractivity contribution in [3.05, 3.63) is 48.6 Å². The summed E-state index contributed by atoms with van der Waals surface area (Å²) in [5.41, 5.74) is 0. The van der Waals surface area contributed by atoms with E-state index in [9.17, 15) is 9.36 Å². The second kappa shape index (κ2) is 19.5. The second-order valence-corrected chi connectivity index (χ2v) is 8.47. The summed E-state index contributed by atoms with van der Waals surface area (Å²) in [5.74, 6) is -0.146. The molecule has 0 aromatic heterocycles. The first-order valence-electron chi connectivity index (χ1n) is 10.9. The number of amides is 1. The van der Waals surface area contributed by atoms with Gasteiger partial charge < -0.3 is 15.1 Å². The van der Waals surface area contributed by atoms with Crippen LogP contribution in [0.4, 0.5) is 0 Å². The van der Waals surface area contributed by atoms with Crippen LogP contribution in [0.15, 0.2) is 48.6 Å². The Balaban J connectivity index is 3.62. The zero-order chi connectivity index (χ0) is 22.5. The van der Waals surface area contributed by atoms with Gasteiger partial charge in [0, 0.05) is 12.5 Å². The van der Waals surface area contributed by atoms with E-state index in [4.69, 9.17) is 9.79 Å². The van der Waals surface area contributed by atoms with Gasteiger partial charge in [-0.05, 0) is 51.9 Å². The van der Waals surface area contributed by atoms with Crippen LogP contribution in [0.1, 0.15) is 78.1 Å². The molecule has 0 aromatic rings. The zero-order valence-corrected chi connectivity index (χ0v) is 19.4. The van der Waals surface area contributed by atoms with Crippen molar-refractivity contribution >= 4 is 13.7 Å². The fraction of sp³-hybridized carbons (Fsp3) is 0.609. The van der Waals surface area contributed by atoms with Gasteiger partial charge >= 0.3 is 7.82 Å². The van der Waals surface area contributed by atoms with Crippen molar-refractivity contribution in [1.29, 1.82) is 0 Å². The van der Waals surface area contributed by atoms with Gasteiger partial charge in [-0.2, -0.15) is 0 Å². The van der Waals surface area contributed by atoms with Crippen LogP contribution >= 0.6 is 7.82 Å². The molecule has 172 valence electrons. The predicted octanol–water partition coefficient (Wildman–Crippen LogP) is 5.75. The van der Waals surface area contributed by atoms with Gasteiger partial charge in [-0.25, -0.2) is 4.57 Å². The van der Waals surface area contributed by atoms with E-state index < -0.39 is 13.9 Å². The Hall–Kier alpha value is -1.46. The van der Waals surface area contributed by atoms with Crippen molar-refractivity contribution in [2.24, 2.45) is 0 Å². The Morgan fingerprint density at radius 3 is 1.90 bits per heavy atom. The highest BCUT2D eigenvalue weighted by Gasteiger charge is 2.16. The van der Waals surface area contributed by atoms with Crippen LogP contribution in [0.5, 0.6) is 0 Å². The van der Waals surface area contributed by atoms with Crippen molar-refractivity contribution in [2.75, 3.05) is 6.61 Å². The first-order valence-corrected chi connectivity index (χ1v) is 12.5. The first-order chi connectivity index (χ1) is 14.3. The van der Waals surface area contributed by atoms with E-state index in [2.05, 4.69) is 65.4 Å². The summed E-state index contributed by atoms with van der Waals surface area (Å²) in [6.45, 7) is 3.65. The summed E-state index contributed by atoms with van der Waals surface area (Å²) in [4.78, 5) is 29.0. The summed E-state index contributed by atoms with van der Waals surface area (Å²) in [6.07, 6.45) is 27.1. The number of phosphoric ester groups is 1. The maximum Gasteiger partial charge on any atom is 0.469 e. The molecule has 0 unspecified atom stereocenters. The second-order valence-electron chi connectivity index (χ2n) is 7.24. The molecule has 0 saturated heterocycles. The molecule has 0 aromatic carbocycles. The molecule has 0 fully saturated rings. The van der Waals surface area contributed by atoms with Crippen LogP contribution in [-0.2, 0) is 13.9 Å². The highest BCUT2D eigenvalue weighted by atomic mass is 31.2. The molecule has 0 aliphatic carbocycles. The molecule has 0 aliphatic heterocycles. The Labute approximate surface area is 182 Å². The lowest BCUT2D eigenvalue weighted by Gasteiger charge is -2.14. The van der Waals surface area contributed by atoms with Gasteiger partial charge in [0.25, 0.3) is 0 Å². The summed E-state index contributed by atoms with van der Waals surface area (Å²) >= 11 is 0. The Bertz CT molecular complexity index is 592. The van der Waals surface area contributed by atoms with Gasteiger partial charge in [0.2, 0.25) is 5.91 Å². The van der Waals surface area contributed by atoms with Crippen LogP contribution in [0.3, 0.4) is 0 Å². The summed E-state index contributed by atoms with van der Waals surface area (Å²) in [6, 6.07) is -0.443. The molecule has 0 saturated carbocycles. The summed E-state index contributed by atoms with van der Waals surface area (Å²) in [5, 5.41) is 2.65. The van der Waals surface area contributed by atoms with E-state index in [1.165, 1.54) is 25.7 Å². The smallest absolute Gasteiger partial charge is 0.351 e. The zero-order valence-electron chi connectivity index (χ0n) is 18.5. The number of phosphoric acid groups is 1. The lowest BCUT2D eigenvalue weighted by Crippen LogP contribution is -2.35.